The lowest BCUT2D eigenvalue weighted by atomic mass is 10.0. The summed E-state index contributed by atoms with van der Waals surface area (Å²) in [6, 6.07) is 0.0143. The first-order valence-corrected chi connectivity index (χ1v) is 8.78. The van der Waals surface area contributed by atoms with Gasteiger partial charge < -0.3 is 11.1 Å². The van der Waals surface area contributed by atoms with Gasteiger partial charge in [0.05, 0.1) is 11.3 Å². The Labute approximate surface area is 128 Å². The molecule has 0 aromatic carbocycles. The first kappa shape index (κ1) is 17.0. The zero-order valence-electron chi connectivity index (χ0n) is 12.4. The topological polar surface area (TPSA) is 80.9 Å². The Hall–Kier alpha value is -1.08. The molecule has 7 heteroatoms. The van der Waals surface area contributed by atoms with Gasteiger partial charge in [0.1, 0.15) is 4.99 Å². The second-order valence-electron chi connectivity index (χ2n) is 4.71. The van der Waals surface area contributed by atoms with Crippen LogP contribution in [0.15, 0.2) is 0 Å². The smallest absolute Gasteiger partial charge is 0.159 e. The van der Waals surface area contributed by atoms with E-state index in [9.17, 15) is 4.21 Å². The van der Waals surface area contributed by atoms with Gasteiger partial charge >= 0.3 is 0 Å². The molecule has 2 atom stereocenters. The van der Waals surface area contributed by atoms with Crippen molar-refractivity contribution in [1.82, 2.24) is 10.2 Å². The van der Waals surface area contributed by atoms with E-state index < -0.39 is 10.8 Å². The van der Waals surface area contributed by atoms with Crippen LogP contribution in [-0.2, 0) is 23.6 Å². The molecule has 0 radical (unpaired) electrons. The molecule has 5 nitrogen and oxygen atoms in total. The minimum absolute atomic E-state index is 0.0143. The molecule has 3 N–H and O–H groups in total. The van der Waals surface area contributed by atoms with Gasteiger partial charge in [-0.2, -0.15) is 5.10 Å². The van der Waals surface area contributed by atoms with Crippen molar-refractivity contribution in [3.05, 3.63) is 16.8 Å². The molecule has 0 amide bonds. The van der Waals surface area contributed by atoms with Crippen molar-refractivity contribution in [2.45, 2.75) is 39.7 Å². The number of hydrogen-bond donors (Lipinski definition) is 2. The summed E-state index contributed by atoms with van der Waals surface area (Å²) in [5, 5.41) is 11.7. The summed E-state index contributed by atoms with van der Waals surface area (Å²) < 4.78 is 11.3. The van der Waals surface area contributed by atoms with Crippen LogP contribution in [0.5, 0.6) is 0 Å². The van der Waals surface area contributed by atoms with Crippen molar-refractivity contribution < 1.29 is 4.21 Å². The van der Waals surface area contributed by atoms with Crippen LogP contribution in [0.4, 0.5) is 5.82 Å². The number of nitrogens with zero attached hydrogens (tertiary/aromatic N) is 2. The lowest BCUT2D eigenvalue weighted by Crippen LogP contribution is -2.27. The van der Waals surface area contributed by atoms with Gasteiger partial charge in [-0.25, -0.2) is 0 Å². The normalized spacial score (nSPS) is 13.8. The summed E-state index contributed by atoms with van der Waals surface area (Å²) in [6.07, 6.45) is 3.27. The first-order valence-electron chi connectivity index (χ1n) is 6.65. The highest BCUT2D eigenvalue weighted by Gasteiger charge is 2.18. The standard InChI is InChI=1S/C13H22N4OS2/c1-5-9-10(6-2)16-17-13(11(9)12(14)19)15-8(3)7-20(4)18/h8H,5-7H2,1-4H3,(H2,14,19)(H,15,17). The molecule has 0 spiro atoms. The quantitative estimate of drug-likeness (QED) is 0.741. The van der Waals surface area contributed by atoms with Crippen LogP contribution >= 0.6 is 12.2 Å². The summed E-state index contributed by atoms with van der Waals surface area (Å²) in [5.41, 5.74) is 8.59. The van der Waals surface area contributed by atoms with Gasteiger partial charge in [0.15, 0.2) is 5.82 Å². The van der Waals surface area contributed by atoms with E-state index in [-0.39, 0.29) is 6.04 Å². The molecule has 0 aliphatic heterocycles. The molecule has 112 valence electrons. The maximum Gasteiger partial charge on any atom is 0.159 e. The number of hydrogen-bond acceptors (Lipinski definition) is 5. The second-order valence-corrected chi connectivity index (χ2v) is 6.63. The highest BCUT2D eigenvalue weighted by Crippen LogP contribution is 2.21. The van der Waals surface area contributed by atoms with Crippen LogP contribution in [0.3, 0.4) is 0 Å². The molecule has 2 unspecified atom stereocenters. The molecule has 0 fully saturated rings. The van der Waals surface area contributed by atoms with Gasteiger partial charge in [-0.3, -0.25) is 4.21 Å². The van der Waals surface area contributed by atoms with Crippen molar-refractivity contribution in [3.63, 3.8) is 0 Å². The van der Waals surface area contributed by atoms with E-state index in [0.717, 1.165) is 29.7 Å². The fourth-order valence-electron chi connectivity index (χ4n) is 2.17. The second kappa shape index (κ2) is 7.64. The number of aryl methyl sites for hydroxylation is 1. The van der Waals surface area contributed by atoms with Crippen molar-refractivity contribution in [2.75, 3.05) is 17.3 Å². The predicted octanol–water partition coefficient (Wildman–Crippen LogP) is 1.41. The summed E-state index contributed by atoms with van der Waals surface area (Å²) >= 11 is 5.16. The van der Waals surface area contributed by atoms with E-state index in [1.165, 1.54) is 0 Å². The molecule has 0 aliphatic rings. The van der Waals surface area contributed by atoms with Crippen LogP contribution in [0.2, 0.25) is 0 Å². The molecule has 20 heavy (non-hydrogen) atoms. The Morgan fingerprint density at radius 2 is 2.05 bits per heavy atom. The highest BCUT2D eigenvalue weighted by molar-refractivity contribution is 7.84. The number of thiocarbonyl (C=S) groups is 1. The molecule has 1 aromatic heterocycles. The maximum atomic E-state index is 11.3. The highest BCUT2D eigenvalue weighted by atomic mass is 32.2. The summed E-state index contributed by atoms with van der Waals surface area (Å²) in [5.74, 6) is 1.12. The Balaban J connectivity index is 3.19. The SMILES string of the molecule is CCc1nnc(NC(C)CS(C)=O)c(C(N)=S)c1CC. The first-order chi connectivity index (χ1) is 9.40. The molecule has 1 heterocycles. The molecular formula is C13H22N4OS2. The van der Waals surface area contributed by atoms with Crippen molar-refractivity contribution in [1.29, 1.82) is 0 Å². The van der Waals surface area contributed by atoms with Crippen molar-refractivity contribution in [2.24, 2.45) is 5.73 Å². The number of nitrogens with one attached hydrogen (secondary N) is 1. The molecule has 1 aromatic rings. The lowest BCUT2D eigenvalue weighted by molar-refractivity contribution is 0.682. The average Bonchev–Trinajstić information content (AvgIpc) is 2.36. The molecular weight excluding hydrogens is 292 g/mol. The third-order valence-corrected chi connectivity index (χ3v) is 4.13. The van der Waals surface area contributed by atoms with Crippen molar-refractivity contribution >= 4 is 33.8 Å². The van der Waals surface area contributed by atoms with E-state index in [0.29, 0.717) is 16.6 Å². The zero-order valence-corrected chi connectivity index (χ0v) is 14.0. The fraction of sp³-hybridized carbons (Fsp3) is 0.615. The third kappa shape index (κ3) is 4.21. The number of aromatic nitrogens is 2. The molecule has 1 rings (SSSR count). The lowest BCUT2D eigenvalue weighted by Gasteiger charge is -2.18. The molecule has 0 aliphatic carbocycles. The van der Waals surface area contributed by atoms with E-state index >= 15 is 0 Å². The third-order valence-electron chi connectivity index (χ3n) is 2.96. The summed E-state index contributed by atoms with van der Waals surface area (Å²) in [6.45, 7) is 6.03. The number of nitrogens with two attached hydrogens (primary N) is 1. The Bertz CT molecular complexity index is 519. The molecule has 0 bridgehead atoms. The van der Waals surface area contributed by atoms with Crippen LogP contribution in [-0.4, -0.2) is 37.4 Å². The average molecular weight is 314 g/mol. The fourth-order valence-corrected chi connectivity index (χ4v) is 3.17. The largest absolute Gasteiger partial charge is 0.389 e. The van der Waals surface area contributed by atoms with Gasteiger partial charge in [0, 0.05) is 28.9 Å². The van der Waals surface area contributed by atoms with Gasteiger partial charge in [0.2, 0.25) is 0 Å². The van der Waals surface area contributed by atoms with E-state index in [4.69, 9.17) is 18.0 Å². The Morgan fingerprint density at radius 3 is 2.50 bits per heavy atom. The van der Waals surface area contributed by atoms with Gasteiger partial charge in [-0.05, 0) is 25.3 Å². The van der Waals surface area contributed by atoms with Gasteiger partial charge in [0.25, 0.3) is 0 Å². The van der Waals surface area contributed by atoms with Crippen LogP contribution in [0, 0.1) is 0 Å². The summed E-state index contributed by atoms with van der Waals surface area (Å²) in [7, 11) is -0.875. The number of anilines is 1. The Morgan fingerprint density at radius 1 is 1.40 bits per heavy atom. The van der Waals surface area contributed by atoms with Crippen molar-refractivity contribution in [3.8, 4) is 0 Å². The van der Waals surface area contributed by atoms with E-state index in [2.05, 4.69) is 15.5 Å². The minimum atomic E-state index is -0.875. The predicted molar refractivity (Wildman–Crippen MR) is 88.7 cm³/mol. The molecule has 0 saturated carbocycles. The monoisotopic (exact) mass is 314 g/mol. The summed E-state index contributed by atoms with van der Waals surface area (Å²) in [4.78, 5) is 0.318. The van der Waals surface area contributed by atoms with Crippen LogP contribution in [0.25, 0.3) is 0 Å². The number of rotatable bonds is 7. The minimum Gasteiger partial charge on any atom is -0.389 e. The van der Waals surface area contributed by atoms with Gasteiger partial charge in [-0.1, -0.05) is 26.1 Å². The molecule has 0 saturated heterocycles. The van der Waals surface area contributed by atoms with E-state index in [1.807, 2.05) is 20.8 Å². The van der Waals surface area contributed by atoms with Gasteiger partial charge in [-0.15, -0.1) is 5.10 Å². The van der Waals surface area contributed by atoms with Crippen LogP contribution < -0.4 is 11.1 Å². The van der Waals surface area contributed by atoms with E-state index in [1.54, 1.807) is 6.26 Å². The van der Waals surface area contributed by atoms with Crippen LogP contribution in [0.1, 0.15) is 37.6 Å². The maximum absolute atomic E-state index is 11.3. The Kier molecular flexibility index (Phi) is 6.48. The zero-order chi connectivity index (χ0) is 15.3.